The predicted octanol–water partition coefficient (Wildman–Crippen LogP) is 3.74. The van der Waals surface area contributed by atoms with Crippen LogP contribution in [0.5, 0.6) is 0 Å². The van der Waals surface area contributed by atoms with Crippen LogP contribution >= 0.6 is 12.2 Å². The molecule has 0 aromatic heterocycles. The number of benzene rings is 1. The molecule has 2 heterocycles. The van der Waals surface area contributed by atoms with E-state index in [2.05, 4.69) is 49.1 Å². The van der Waals surface area contributed by atoms with Gasteiger partial charge in [0, 0.05) is 23.2 Å². The molecule has 2 aliphatic heterocycles. The molecule has 0 aliphatic carbocycles. The molecule has 1 aromatic carbocycles. The van der Waals surface area contributed by atoms with Crippen LogP contribution in [0.25, 0.3) is 5.70 Å². The summed E-state index contributed by atoms with van der Waals surface area (Å²) in [5.74, 6) is 0. The summed E-state index contributed by atoms with van der Waals surface area (Å²) in [6.45, 7) is 5.54. The minimum Gasteiger partial charge on any atom is -0.335 e. The molecule has 17 heavy (non-hydrogen) atoms. The summed E-state index contributed by atoms with van der Waals surface area (Å²) in [6.07, 6.45) is 4.72. The summed E-state index contributed by atoms with van der Waals surface area (Å²) in [5, 5.41) is 0. The van der Waals surface area contributed by atoms with Crippen LogP contribution in [0.4, 0.5) is 0 Å². The average molecular weight is 243 g/mol. The number of hydrogen-bond donors (Lipinski definition) is 0. The van der Waals surface area contributed by atoms with Crippen LogP contribution in [0.2, 0.25) is 0 Å². The minimum absolute atomic E-state index is 0.0272. The lowest BCUT2D eigenvalue weighted by Crippen LogP contribution is -2.46. The zero-order valence-corrected chi connectivity index (χ0v) is 11.2. The van der Waals surface area contributed by atoms with Gasteiger partial charge in [-0.25, -0.2) is 0 Å². The van der Waals surface area contributed by atoms with E-state index in [1.807, 2.05) is 0 Å². The van der Waals surface area contributed by atoms with Crippen molar-refractivity contribution in [3.63, 3.8) is 0 Å². The van der Waals surface area contributed by atoms with Gasteiger partial charge in [-0.15, -0.1) is 0 Å². The van der Waals surface area contributed by atoms with Crippen molar-refractivity contribution in [1.29, 1.82) is 0 Å². The highest BCUT2D eigenvalue weighted by molar-refractivity contribution is 7.80. The van der Waals surface area contributed by atoms with E-state index in [1.54, 1.807) is 0 Å². The van der Waals surface area contributed by atoms with E-state index in [1.165, 1.54) is 29.7 Å². The lowest BCUT2D eigenvalue weighted by atomic mass is 9.76. The first-order valence-electron chi connectivity index (χ1n) is 6.24. The fourth-order valence-electron chi connectivity index (χ4n) is 2.89. The van der Waals surface area contributed by atoms with Crippen molar-refractivity contribution < 1.29 is 0 Å². The molecule has 0 amide bonds. The molecule has 0 spiro atoms. The lowest BCUT2D eigenvalue weighted by molar-refractivity contribution is 0.483. The summed E-state index contributed by atoms with van der Waals surface area (Å²) < 4.78 is 0. The third-order valence-corrected chi connectivity index (χ3v) is 4.60. The number of allylic oxidation sites excluding steroid dienone is 1. The van der Waals surface area contributed by atoms with Gasteiger partial charge in [0.1, 0.15) is 0 Å². The maximum atomic E-state index is 5.70. The topological polar surface area (TPSA) is 3.24 Å². The molecule has 0 saturated heterocycles. The molecule has 0 atom stereocenters. The van der Waals surface area contributed by atoms with E-state index in [0.29, 0.717) is 0 Å². The second-order valence-electron chi connectivity index (χ2n) is 5.36. The van der Waals surface area contributed by atoms with Crippen molar-refractivity contribution in [2.24, 2.45) is 0 Å². The van der Waals surface area contributed by atoms with Gasteiger partial charge in [0.15, 0.2) is 0 Å². The third-order valence-electron chi connectivity index (χ3n) is 3.87. The lowest BCUT2D eigenvalue weighted by Gasteiger charge is -2.44. The molecule has 0 radical (unpaired) electrons. The summed E-state index contributed by atoms with van der Waals surface area (Å²) in [4.78, 5) is 3.41. The van der Waals surface area contributed by atoms with Gasteiger partial charge < -0.3 is 4.90 Å². The summed E-state index contributed by atoms with van der Waals surface area (Å²) >= 11 is 5.70. The molecule has 2 aliphatic rings. The van der Waals surface area contributed by atoms with Crippen LogP contribution in [0.1, 0.15) is 37.8 Å². The molecule has 0 fully saturated rings. The Labute approximate surface area is 108 Å². The first kappa shape index (κ1) is 11.0. The van der Waals surface area contributed by atoms with Gasteiger partial charge in [0.05, 0.1) is 4.99 Å². The Morgan fingerprint density at radius 2 is 2.00 bits per heavy atom. The molecule has 1 aromatic rings. The Bertz CT molecular complexity index is 513. The van der Waals surface area contributed by atoms with Gasteiger partial charge in [0.2, 0.25) is 0 Å². The molecular formula is C15H17NS. The highest BCUT2D eigenvalue weighted by atomic mass is 32.1. The minimum atomic E-state index is -0.0272. The van der Waals surface area contributed by atoms with Crippen molar-refractivity contribution >= 4 is 22.9 Å². The molecular weight excluding hydrogens is 226 g/mol. The normalized spacial score (nSPS) is 21.6. The predicted molar refractivity (Wildman–Crippen MR) is 76.0 cm³/mol. The van der Waals surface area contributed by atoms with Crippen molar-refractivity contribution in [1.82, 2.24) is 4.90 Å². The van der Waals surface area contributed by atoms with Crippen molar-refractivity contribution in [2.75, 3.05) is 6.54 Å². The Morgan fingerprint density at radius 3 is 2.82 bits per heavy atom. The second kappa shape index (κ2) is 3.67. The van der Waals surface area contributed by atoms with E-state index >= 15 is 0 Å². The van der Waals surface area contributed by atoms with Crippen LogP contribution < -0.4 is 0 Å². The molecule has 0 bridgehead atoms. The number of nitrogens with zero attached hydrogens (tertiary/aromatic N) is 1. The number of thiocarbonyl (C=S) groups is 1. The number of fused-ring (bicyclic) bond motifs is 3. The molecule has 1 nitrogen and oxygen atoms in total. The van der Waals surface area contributed by atoms with Crippen LogP contribution in [0.3, 0.4) is 0 Å². The highest BCUT2D eigenvalue weighted by Crippen LogP contribution is 2.42. The van der Waals surface area contributed by atoms with Gasteiger partial charge >= 0.3 is 0 Å². The van der Waals surface area contributed by atoms with Gasteiger partial charge in [-0.3, -0.25) is 0 Å². The van der Waals surface area contributed by atoms with Crippen LogP contribution in [-0.2, 0) is 5.41 Å². The number of rotatable bonds is 0. The molecule has 2 heteroatoms. The summed E-state index contributed by atoms with van der Waals surface area (Å²) in [7, 11) is 0. The van der Waals surface area contributed by atoms with E-state index in [9.17, 15) is 0 Å². The monoisotopic (exact) mass is 243 g/mol. The van der Waals surface area contributed by atoms with Gasteiger partial charge in [-0.1, -0.05) is 42.6 Å². The third kappa shape index (κ3) is 1.47. The molecule has 0 unspecified atom stereocenters. The average Bonchev–Trinajstić information content (AvgIpc) is 2.37. The van der Waals surface area contributed by atoms with E-state index in [4.69, 9.17) is 12.2 Å². The second-order valence-corrected chi connectivity index (χ2v) is 5.75. The van der Waals surface area contributed by atoms with E-state index < -0.39 is 0 Å². The molecule has 88 valence electrons. The molecule has 0 N–H and O–H groups in total. The van der Waals surface area contributed by atoms with Crippen molar-refractivity contribution in [3.8, 4) is 0 Å². The standard InChI is InChI=1S/C15H17NS/c1-15(2)12-8-4-3-7-11(12)13-9-5-6-10-16(13)14(15)17/h3-4,7-9H,5-6,10H2,1-2H3. The zero-order valence-electron chi connectivity index (χ0n) is 10.4. The largest absolute Gasteiger partial charge is 0.335 e. The highest BCUT2D eigenvalue weighted by Gasteiger charge is 2.39. The Hall–Kier alpha value is -1.15. The Morgan fingerprint density at radius 1 is 1.24 bits per heavy atom. The smallest absolute Gasteiger partial charge is 0.0925 e. The Balaban J connectivity index is 2.27. The SMILES string of the molecule is CC1(C)C(=S)N2CCCC=C2c2ccccc21. The first-order valence-corrected chi connectivity index (χ1v) is 6.65. The summed E-state index contributed by atoms with van der Waals surface area (Å²) in [5.41, 5.74) is 4.04. The molecule has 3 rings (SSSR count). The van der Waals surface area contributed by atoms with E-state index in [0.717, 1.165) is 11.5 Å². The van der Waals surface area contributed by atoms with Crippen molar-refractivity contribution in [3.05, 3.63) is 41.5 Å². The molecule has 0 saturated carbocycles. The van der Waals surface area contributed by atoms with E-state index in [-0.39, 0.29) is 5.41 Å². The Kier molecular flexibility index (Phi) is 2.37. The van der Waals surface area contributed by atoms with Crippen molar-refractivity contribution in [2.45, 2.75) is 32.1 Å². The summed E-state index contributed by atoms with van der Waals surface area (Å²) in [6, 6.07) is 8.68. The van der Waals surface area contributed by atoms with Crippen LogP contribution in [-0.4, -0.2) is 16.4 Å². The number of hydrogen-bond acceptors (Lipinski definition) is 1. The first-order chi connectivity index (χ1) is 8.12. The fourth-order valence-corrected chi connectivity index (χ4v) is 3.19. The van der Waals surface area contributed by atoms with Crippen LogP contribution in [0.15, 0.2) is 30.3 Å². The van der Waals surface area contributed by atoms with Gasteiger partial charge in [-0.05, 0) is 32.3 Å². The van der Waals surface area contributed by atoms with Crippen LogP contribution in [0, 0.1) is 0 Å². The zero-order chi connectivity index (χ0) is 12.0. The van der Waals surface area contributed by atoms with Gasteiger partial charge in [0.25, 0.3) is 0 Å². The van der Waals surface area contributed by atoms with Gasteiger partial charge in [-0.2, -0.15) is 0 Å². The quantitative estimate of drug-likeness (QED) is 0.639. The maximum Gasteiger partial charge on any atom is 0.0925 e. The fraction of sp³-hybridized carbons (Fsp3) is 0.400. The maximum absolute atomic E-state index is 5.70.